The molecule has 2 saturated heterocycles. The van der Waals surface area contributed by atoms with Gasteiger partial charge in [0.25, 0.3) is 0 Å². The summed E-state index contributed by atoms with van der Waals surface area (Å²) >= 11 is 0. The second kappa shape index (κ2) is 9.78. The fraction of sp³-hybridized carbons (Fsp3) is 0.400. The maximum Gasteiger partial charge on any atom is 0.340 e. The van der Waals surface area contributed by atoms with E-state index in [1.165, 1.54) is 50.9 Å². The lowest BCUT2D eigenvalue weighted by atomic mass is 9.83. The number of nitrogens with zero attached hydrogens (tertiary/aromatic N) is 1. The zero-order valence-electron chi connectivity index (χ0n) is 21.0. The highest BCUT2D eigenvalue weighted by Gasteiger charge is 2.33. The van der Waals surface area contributed by atoms with E-state index in [0.717, 1.165) is 33.9 Å². The number of nitrogens with one attached hydrogen (secondary N) is 1. The van der Waals surface area contributed by atoms with E-state index in [0.29, 0.717) is 35.2 Å². The predicted molar refractivity (Wildman–Crippen MR) is 141 cm³/mol. The van der Waals surface area contributed by atoms with Crippen molar-refractivity contribution in [3.63, 3.8) is 0 Å². The van der Waals surface area contributed by atoms with Crippen molar-refractivity contribution >= 4 is 27.8 Å². The molecule has 192 valence electrons. The first-order valence-corrected chi connectivity index (χ1v) is 13.2. The second-order valence-corrected chi connectivity index (χ2v) is 10.5. The maximum atomic E-state index is 13.4. The number of carbonyl (C=O) groups excluding carboxylic acids is 1. The molecule has 4 heterocycles. The van der Waals surface area contributed by atoms with Crippen LogP contribution in [0.15, 0.2) is 56.3 Å². The lowest BCUT2D eigenvalue weighted by Gasteiger charge is -2.44. The number of aryl methyl sites for hydroxylation is 1. The zero-order chi connectivity index (χ0) is 25.5. The van der Waals surface area contributed by atoms with Crippen LogP contribution in [0.5, 0.6) is 0 Å². The molecule has 0 bridgehead atoms. The minimum Gasteiger partial charge on any atom is -0.464 e. The van der Waals surface area contributed by atoms with E-state index >= 15 is 0 Å². The third-order valence-electron chi connectivity index (χ3n) is 8.26. The van der Waals surface area contributed by atoms with Gasteiger partial charge < -0.3 is 19.1 Å². The van der Waals surface area contributed by atoms with Gasteiger partial charge in [-0.25, -0.2) is 9.18 Å². The molecule has 4 aromatic rings. The van der Waals surface area contributed by atoms with Gasteiger partial charge in [0.15, 0.2) is 0 Å². The summed E-state index contributed by atoms with van der Waals surface area (Å²) in [6.45, 7) is 4.83. The third-order valence-corrected chi connectivity index (χ3v) is 8.26. The van der Waals surface area contributed by atoms with Crippen LogP contribution >= 0.6 is 0 Å². The van der Waals surface area contributed by atoms with Crippen LogP contribution in [0.3, 0.4) is 0 Å². The molecule has 2 fully saturated rings. The van der Waals surface area contributed by atoms with Crippen molar-refractivity contribution in [2.24, 2.45) is 5.92 Å². The summed E-state index contributed by atoms with van der Waals surface area (Å²) in [5.41, 5.74) is 3.24. The highest BCUT2D eigenvalue weighted by atomic mass is 19.1. The van der Waals surface area contributed by atoms with Crippen molar-refractivity contribution in [1.29, 1.82) is 0 Å². The fourth-order valence-electron chi connectivity index (χ4n) is 6.25. The van der Waals surface area contributed by atoms with Crippen LogP contribution in [-0.2, 0) is 11.2 Å². The molecule has 2 unspecified atom stereocenters. The quantitative estimate of drug-likeness (QED) is 0.361. The summed E-state index contributed by atoms with van der Waals surface area (Å²) in [5, 5.41) is 4.69. The molecule has 0 saturated carbocycles. The Morgan fingerprint density at radius 2 is 1.86 bits per heavy atom. The molecule has 2 aromatic heterocycles. The Morgan fingerprint density at radius 3 is 2.70 bits per heavy atom. The van der Waals surface area contributed by atoms with Crippen LogP contribution in [0.25, 0.3) is 33.1 Å². The first kappa shape index (κ1) is 23.9. The summed E-state index contributed by atoms with van der Waals surface area (Å²) in [6.07, 6.45) is 7.65. The lowest BCUT2D eigenvalue weighted by Crippen LogP contribution is -2.51. The monoisotopic (exact) mass is 502 g/mol. The number of piperidine rings is 2. The summed E-state index contributed by atoms with van der Waals surface area (Å²) < 4.78 is 24.8. The van der Waals surface area contributed by atoms with Gasteiger partial charge in [0.2, 0.25) is 5.91 Å². The van der Waals surface area contributed by atoms with Gasteiger partial charge in [-0.05, 0) is 80.9 Å². The van der Waals surface area contributed by atoms with Crippen LogP contribution in [0.2, 0.25) is 0 Å². The Morgan fingerprint density at radius 1 is 1.05 bits per heavy atom. The SMILES string of the molecule is Cc1c(CC(=O)NCC2CCCN3CCCCC23)c(=O)oc2cc3occ(-c4ccc(F)cc4)c3cc12. The van der Waals surface area contributed by atoms with Gasteiger partial charge in [-0.15, -0.1) is 0 Å². The first-order valence-electron chi connectivity index (χ1n) is 13.2. The minimum absolute atomic E-state index is 0.0144. The first-order chi connectivity index (χ1) is 18.0. The molecule has 1 amide bonds. The smallest absolute Gasteiger partial charge is 0.340 e. The predicted octanol–water partition coefficient (Wildman–Crippen LogP) is 5.58. The van der Waals surface area contributed by atoms with Gasteiger partial charge in [0.1, 0.15) is 17.0 Å². The Balaban J connectivity index is 1.25. The van der Waals surface area contributed by atoms with Crippen LogP contribution in [0, 0.1) is 18.7 Å². The van der Waals surface area contributed by atoms with E-state index in [1.807, 2.05) is 13.0 Å². The molecule has 6 rings (SSSR count). The van der Waals surface area contributed by atoms with Crippen LogP contribution < -0.4 is 10.9 Å². The van der Waals surface area contributed by atoms with E-state index in [1.54, 1.807) is 24.5 Å². The molecular formula is C30H31FN2O4. The highest BCUT2D eigenvalue weighted by Crippen LogP contribution is 2.35. The highest BCUT2D eigenvalue weighted by molar-refractivity contribution is 6.02. The van der Waals surface area contributed by atoms with Crippen molar-refractivity contribution in [3.05, 3.63) is 70.0 Å². The molecule has 0 aliphatic carbocycles. The number of benzene rings is 2. The number of hydrogen-bond donors (Lipinski definition) is 1. The van der Waals surface area contributed by atoms with Crippen molar-refractivity contribution < 1.29 is 18.0 Å². The van der Waals surface area contributed by atoms with Crippen LogP contribution in [0.1, 0.15) is 43.2 Å². The zero-order valence-corrected chi connectivity index (χ0v) is 21.0. The number of amides is 1. The number of halogens is 1. The Hall–Kier alpha value is -3.45. The molecule has 37 heavy (non-hydrogen) atoms. The summed E-state index contributed by atoms with van der Waals surface area (Å²) in [7, 11) is 0. The van der Waals surface area contributed by atoms with E-state index in [9.17, 15) is 14.0 Å². The largest absolute Gasteiger partial charge is 0.464 e. The lowest BCUT2D eigenvalue weighted by molar-refractivity contribution is -0.120. The van der Waals surface area contributed by atoms with Gasteiger partial charge in [-0.3, -0.25) is 4.79 Å². The standard InChI is InChI=1S/C30H31FN2O4/c1-18-22-13-24-25(19-7-9-21(31)10-8-19)17-36-27(24)15-28(22)37-30(35)23(18)14-29(34)32-16-20-5-4-12-33-11-3-2-6-26(20)33/h7-10,13,15,17,20,26H,2-6,11-12,14,16H2,1H3,(H,32,34). The number of fused-ring (bicyclic) bond motifs is 3. The van der Waals surface area contributed by atoms with Gasteiger partial charge in [0.05, 0.1) is 18.2 Å². The topological polar surface area (TPSA) is 75.7 Å². The molecule has 6 nitrogen and oxygen atoms in total. The van der Waals surface area contributed by atoms with Gasteiger partial charge in [-0.2, -0.15) is 0 Å². The molecule has 2 aromatic carbocycles. The van der Waals surface area contributed by atoms with Crippen LogP contribution in [0.4, 0.5) is 4.39 Å². The summed E-state index contributed by atoms with van der Waals surface area (Å²) in [4.78, 5) is 28.4. The van der Waals surface area contributed by atoms with E-state index in [4.69, 9.17) is 8.83 Å². The molecule has 2 aliphatic heterocycles. The average Bonchev–Trinajstić information content (AvgIpc) is 3.32. The second-order valence-electron chi connectivity index (χ2n) is 10.5. The molecule has 0 spiro atoms. The van der Waals surface area contributed by atoms with Gasteiger partial charge >= 0.3 is 5.63 Å². The van der Waals surface area contributed by atoms with Gasteiger partial charge in [-0.1, -0.05) is 18.6 Å². The number of hydrogen-bond acceptors (Lipinski definition) is 5. The normalized spacial score (nSPS) is 20.3. The van der Waals surface area contributed by atoms with E-state index in [2.05, 4.69) is 10.2 Å². The number of carbonyl (C=O) groups is 1. The number of rotatable bonds is 5. The minimum atomic E-state index is -0.499. The Kier molecular flexibility index (Phi) is 6.32. The summed E-state index contributed by atoms with van der Waals surface area (Å²) in [5.74, 6) is 0.00697. The van der Waals surface area contributed by atoms with Crippen molar-refractivity contribution in [1.82, 2.24) is 10.2 Å². The van der Waals surface area contributed by atoms with E-state index < -0.39 is 5.63 Å². The Labute approximate surface area is 214 Å². The molecule has 2 aliphatic rings. The van der Waals surface area contributed by atoms with Gasteiger partial charge in [0, 0.05) is 35.0 Å². The summed E-state index contributed by atoms with van der Waals surface area (Å²) in [6, 6.07) is 10.4. The fourth-order valence-corrected chi connectivity index (χ4v) is 6.25. The molecule has 0 radical (unpaired) electrons. The molecule has 7 heteroatoms. The van der Waals surface area contributed by atoms with Crippen molar-refractivity contribution in [3.8, 4) is 11.1 Å². The molecule has 2 atom stereocenters. The Bertz CT molecular complexity index is 1520. The van der Waals surface area contributed by atoms with Crippen LogP contribution in [-0.4, -0.2) is 36.5 Å². The number of furan rings is 1. The van der Waals surface area contributed by atoms with E-state index in [-0.39, 0.29) is 18.1 Å². The van der Waals surface area contributed by atoms with Crippen molar-refractivity contribution in [2.75, 3.05) is 19.6 Å². The average molecular weight is 503 g/mol. The molecule has 1 N–H and O–H groups in total. The molecular weight excluding hydrogens is 471 g/mol. The maximum absolute atomic E-state index is 13.4. The van der Waals surface area contributed by atoms with Crippen molar-refractivity contribution in [2.45, 2.75) is 51.5 Å². The third kappa shape index (κ3) is 4.57.